The summed E-state index contributed by atoms with van der Waals surface area (Å²) >= 11 is 1.01. The zero-order valence-corrected chi connectivity index (χ0v) is 8.26. The Bertz CT molecular complexity index is 281. The number of carboxylic acids is 1. The largest absolute Gasteiger partial charge is 0.480 e. The second kappa shape index (κ2) is 4.32. The van der Waals surface area contributed by atoms with Crippen LogP contribution in [0, 0.1) is 0 Å². The molecule has 2 atom stereocenters. The maximum absolute atomic E-state index is 11.3. The van der Waals surface area contributed by atoms with Crippen molar-refractivity contribution in [3.63, 3.8) is 0 Å². The summed E-state index contributed by atoms with van der Waals surface area (Å²) in [6.45, 7) is 1.37. The molecule has 2 amide bonds. The van der Waals surface area contributed by atoms with Crippen LogP contribution in [0.4, 0.5) is 4.79 Å². The van der Waals surface area contributed by atoms with Gasteiger partial charge in [-0.2, -0.15) is 0 Å². The van der Waals surface area contributed by atoms with Gasteiger partial charge >= 0.3 is 5.97 Å². The molecule has 1 fully saturated rings. The topological polar surface area (TPSA) is 95.5 Å². The third kappa shape index (κ3) is 2.63. The van der Waals surface area contributed by atoms with Crippen molar-refractivity contribution in [3.8, 4) is 0 Å². The average Bonchev–Trinajstić information content (AvgIpc) is 2.51. The molecular weight excluding hydrogens is 208 g/mol. The van der Waals surface area contributed by atoms with E-state index in [9.17, 15) is 14.4 Å². The lowest BCUT2D eigenvalue weighted by atomic mass is 10.2. The summed E-state index contributed by atoms with van der Waals surface area (Å²) < 4.78 is 0. The van der Waals surface area contributed by atoms with Crippen LogP contribution in [0.3, 0.4) is 0 Å². The second-order valence-corrected chi connectivity index (χ2v) is 3.86. The summed E-state index contributed by atoms with van der Waals surface area (Å²) in [5, 5.41) is 13.0. The normalized spacial score (nSPS) is 22.6. The van der Waals surface area contributed by atoms with Gasteiger partial charge in [0.15, 0.2) is 0 Å². The number of hydrogen-bond donors (Lipinski definition) is 3. The van der Waals surface area contributed by atoms with Gasteiger partial charge in [0.2, 0.25) is 5.91 Å². The molecule has 14 heavy (non-hydrogen) atoms. The Morgan fingerprint density at radius 3 is 2.79 bits per heavy atom. The SMILES string of the molecule is C[C@@H](NC(=O)[C@@H]1CSC(=O)N1)C(=O)O. The molecule has 1 aliphatic rings. The minimum absolute atomic E-state index is 0.256. The van der Waals surface area contributed by atoms with Crippen molar-refractivity contribution >= 4 is 28.9 Å². The standard InChI is InChI=1S/C7H10N2O4S/c1-3(6(11)12)8-5(10)4-2-14-7(13)9-4/h3-4H,2H2,1H3,(H,8,10)(H,9,13)(H,11,12)/t3-,4+/m1/s1. The molecule has 0 aromatic rings. The zero-order chi connectivity index (χ0) is 10.7. The number of thioether (sulfide) groups is 1. The first-order valence-corrected chi connectivity index (χ1v) is 4.95. The highest BCUT2D eigenvalue weighted by molar-refractivity contribution is 8.14. The van der Waals surface area contributed by atoms with Crippen molar-refractivity contribution in [2.75, 3.05) is 5.75 Å². The van der Waals surface area contributed by atoms with Crippen LogP contribution in [0.5, 0.6) is 0 Å². The van der Waals surface area contributed by atoms with Gasteiger partial charge in [-0.25, -0.2) is 0 Å². The molecular formula is C7H10N2O4S. The van der Waals surface area contributed by atoms with E-state index in [-0.39, 0.29) is 5.24 Å². The smallest absolute Gasteiger partial charge is 0.325 e. The molecule has 0 unspecified atom stereocenters. The Morgan fingerprint density at radius 2 is 2.36 bits per heavy atom. The zero-order valence-electron chi connectivity index (χ0n) is 7.44. The first-order chi connectivity index (χ1) is 6.50. The van der Waals surface area contributed by atoms with Gasteiger partial charge in [0, 0.05) is 5.75 Å². The van der Waals surface area contributed by atoms with Crippen LogP contribution in [0.1, 0.15) is 6.92 Å². The van der Waals surface area contributed by atoms with Crippen molar-refractivity contribution in [2.24, 2.45) is 0 Å². The molecule has 78 valence electrons. The van der Waals surface area contributed by atoms with Gasteiger partial charge < -0.3 is 15.7 Å². The monoisotopic (exact) mass is 218 g/mol. The van der Waals surface area contributed by atoms with Gasteiger partial charge in [0.05, 0.1) is 0 Å². The minimum Gasteiger partial charge on any atom is -0.480 e. The first kappa shape index (κ1) is 10.8. The lowest BCUT2D eigenvalue weighted by Gasteiger charge is -2.12. The quantitative estimate of drug-likeness (QED) is 0.588. The van der Waals surface area contributed by atoms with Gasteiger partial charge in [0.25, 0.3) is 5.24 Å². The van der Waals surface area contributed by atoms with Crippen LogP contribution < -0.4 is 10.6 Å². The molecule has 7 heteroatoms. The molecule has 1 aliphatic heterocycles. The van der Waals surface area contributed by atoms with Gasteiger partial charge in [-0.15, -0.1) is 0 Å². The average molecular weight is 218 g/mol. The number of amides is 2. The van der Waals surface area contributed by atoms with Crippen LogP contribution in [-0.2, 0) is 9.59 Å². The predicted octanol–water partition coefficient (Wildman–Crippen LogP) is -0.599. The van der Waals surface area contributed by atoms with Crippen LogP contribution in [0.15, 0.2) is 0 Å². The summed E-state index contributed by atoms with van der Waals surface area (Å²) in [6.07, 6.45) is 0. The van der Waals surface area contributed by atoms with Crippen LogP contribution in [0.25, 0.3) is 0 Å². The molecule has 3 N–H and O–H groups in total. The number of carboxylic acid groups (broad SMARTS) is 1. The molecule has 0 radical (unpaired) electrons. The number of rotatable bonds is 3. The molecule has 0 bridgehead atoms. The number of aliphatic carboxylic acids is 1. The third-order valence-corrected chi connectivity index (χ3v) is 2.60. The predicted molar refractivity (Wildman–Crippen MR) is 50.0 cm³/mol. The maximum atomic E-state index is 11.3. The van der Waals surface area contributed by atoms with E-state index in [1.807, 2.05) is 0 Å². The summed E-state index contributed by atoms with van der Waals surface area (Å²) in [5.41, 5.74) is 0. The molecule has 0 aliphatic carbocycles. The lowest BCUT2D eigenvalue weighted by Crippen LogP contribution is -2.48. The Kier molecular flexibility index (Phi) is 3.34. The van der Waals surface area contributed by atoms with E-state index in [0.717, 1.165) is 11.8 Å². The highest BCUT2D eigenvalue weighted by Crippen LogP contribution is 2.12. The Morgan fingerprint density at radius 1 is 1.71 bits per heavy atom. The van der Waals surface area contributed by atoms with E-state index in [2.05, 4.69) is 10.6 Å². The van der Waals surface area contributed by atoms with Gasteiger partial charge in [-0.05, 0) is 6.92 Å². The van der Waals surface area contributed by atoms with E-state index in [4.69, 9.17) is 5.11 Å². The van der Waals surface area contributed by atoms with E-state index in [0.29, 0.717) is 5.75 Å². The highest BCUT2D eigenvalue weighted by atomic mass is 32.2. The molecule has 0 aromatic carbocycles. The first-order valence-electron chi connectivity index (χ1n) is 3.97. The summed E-state index contributed by atoms with van der Waals surface area (Å²) in [5.74, 6) is -1.22. The summed E-state index contributed by atoms with van der Waals surface area (Å²) in [7, 11) is 0. The molecule has 0 saturated carbocycles. The summed E-state index contributed by atoms with van der Waals surface area (Å²) in [4.78, 5) is 32.4. The molecule has 0 aromatic heterocycles. The number of nitrogens with one attached hydrogen (secondary N) is 2. The third-order valence-electron chi connectivity index (χ3n) is 1.72. The van der Waals surface area contributed by atoms with Gasteiger partial charge in [-0.3, -0.25) is 14.4 Å². The Hall–Kier alpha value is -1.24. The number of carbonyl (C=O) groups excluding carboxylic acids is 2. The minimum atomic E-state index is -1.10. The molecule has 6 nitrogen and oxygen atoms in total. The van der Waals surface area contributed by atoms with E-state index < -0.39 is 24.0 Å². The van der Waals surface area contributed by atoms with E-state index >= 15 is 0 Å². The molecule has 0 spiro atoms. The van der Waals surface area contributed by atoms with E-state index in [1.54, 1.807) is 0 Å². The van der Waals surface area contributed by atoms with Crippen molar-refractivity contribution in [1.82, 2.24) is 10.6 Å². The van der Waals surface area contributed by atoms with Crippen LogP contribution in [0.2, 0.25) is 0 Å². The number of hydrogen-bond acceptors (Lipinski definition) is 4. The number of carbonyl (C=O) groups is 3. The fraction of sp³-hybridized carbons (Fsp3) is 0.571. The Balaban J connectivity index is 2.42. The lowest BCUT2D eigenvalue weighted by molar-refractivity contribution is -0.141. The van der Waals surface area contributed by atoms with Gasteiger partial charge in [-0.1, -0.05) is 11.8 Å². The Labute approximate surface area is 84.4 Å². The van der Waals surface area contributed by atoms with Crippen LogP contribution in [-0.4, -0.2) is 40.1 Å². The van der Waals surface area contributed by atoms with E-state index in [1.165, 1.54) is 6.92 Å². The summed E-state index contributed by atoms with van der Waals surface area (Å²) in [6, 6.07) is -1.56. The highest BCUT2D eigenvalue weighted by Gasteiger charge is 2.29. The van der Waals surface area contributed by atoms with Crippen molar-refractivity contribution in [1.29, 1.82) is 0 Å². The van der Waals surface area contributed by atoms with Gasteiger partial charge in [0.1, 0.15) is 12.1 Å². The maximum Gasteiger partial charge on any atom is 0.325 e. The molecule has 1 heterocycles. The van der Waals surface area contributed by atoms with Crippen molar-refractivity contribution in [3.05, 3.63) is 0 Å². The molecule has 1 saturated heterocycles. The fourth-order valence-corrected chi connectivity index (χ4v) is 1.68. The second-order valence-electron chi connectivity index (χ2n) is 2.86. The van der Waals surface area contributed by atoms with Crippen LogP contribution >= 0.6 is 11.8 Å². The molecule has 1 rings (SSSR count). The van der Waals surface area contributed by atoms with Crippen molar-refractivity contribution < 1.29 is 19.5 Å². The fourth-order valence-electron chi connectivity index (χ4n) is 0.902. The van der Waals surface area contributed by atoms with Crippen molar-refractivity contribution in [2.45, 2.75) is 19.0 Å².